The number of terminal acetylenes is 1. The standard InChI is InChI=1S/C13H18N4OS/c1-3-5-8(2)15-12(18)10-11(14)17-13(19-10)16-9-6-4-7-9/h1,8-9H,4-7,14H2,2H3,(H,15,18)(H,16,17). The number of nitrogen functional groups attached to an aromatic ring is 1. The predicted molar refractivity (Wildman–Crippen MR) is 78.2 cm³/mol. The van der Waals surface area contributed by atoms with E-state index in [1.54, 1.807) is 0 Å². The van der Waals surface area contributed by atoms with Crippen LogP contribution < -0.4 is 16.4 Å². The summed E-state index contributed by atoms with van der Waals surface area (Å²) in [4.78, 5) is 16.7. The van der Waals surface area contributed by atoms with E-state index in [9.17, 15) is 4.79 Å². The maximum atomic E-state index is 12.0. The Hall–Kier alpha value is -1.74. The van der Waals surface area contributed by atoms with E-state index in [-0.39, 0.29) is 17.8 Å². The summed E-state index contributed by atoms with van der Waals surface area (Å²) in [6.07, 6.45) is 9.26. The molecular weight excluding hydrogens is 260 g/mol. The van der Waals surface area contributed by atoms with E-state index in [1.165, 1.54) is 17.8 Å². The molecule has 1 atom stereocenters. The molecule has 2 rings (SSSR count). The van der Waals surface area contributed by atoms with Crippen molar-refractivity contribution < 1.29 is 4.79 Å². The first-order valence-corrected chi connectivity index (χ1v) is 7.19. The molecule has 1 amide bonds. The first-order valence-electron chi connectivity index (χ1n) is 6.37. The van der Waals surface area contributed by atoms with Crippen molar-refractivity contribution in [1.82, 2.24) is 10.3 Å². The van der Waals surface area contributed by atoms with Gasteiger partial charge >= 0.3 is 0 Å². The van der Waals surface area contributed by atoms with Gasteiger partial charge < -0.3 is 16.4 Å². The zero-order valence-corrected chi connectivity index (χ0v) is 11.7. The molecule has 6 heteroatoms. The van der Waals surface area contributed by atoms with E-state index in [2.05, 4.69) is 21.5 Å². The third-order valence-corrected chi connectivity index (χ3v) is 4.10. The van der Waals surface area contributed by atoms with Crippen molar-refractivity contribution in [3.8, 4) is 12.3 Å². The number of nitrogens with two attached hydrogens (primary N) is 1. The first-order chi connectivity index (χ1) is 9.10. The SMILES string of the molecule is C#CCC(C)NC(=O)c1sc(NC2CCC2)nc1N. The number of aromatic nitrogens is 1. The largest absolute Gasteiger partial charge is 0.382 e. The molecule has 0 aromatic carbocycles. The Kier molecular flexibility index (Phi) is 4.27. The van der Waals surface area contributed by atoms with Gasteiger partial charge in [-0.05, 0) is 26.2 Å². The minimum Gasteiger partial charge on any atom is -0.382 e. The lowest BCUT2D eigenvalue weighted by Crippen LogP contribution is -2.32. The molecule has 0 bridgehead atoms. The number of carbonyl (C=O) groups is 1. The van der Waals surface area contributed by atoms with Crippen LogP contribution >= 0.6 is 11.3 Å². The van der Waals surface area contributed by atoms with Crippen LogP contribution in [0, 0.1) is 12.3 Å². The number of hydrogen-bond acceptors (Lipinski definition) is 5. The second kappa shape index (κ2) is 5.93. The number of thiazole rings is 1. The summed E-state index contributed by atoms with van der Waals surface area (Å²) >= 11 is 1.29. The number of anilines is 2. The summed E-state index contributed by atoms with van der Waals surface area (Å²) in [5.41, 5.74) is 5.79. The van der Waals surface area contributed by atoms with Crippen molar-refractivity contribution in [1.29, 1.82) is 0 Å². The van der Waals surface area contributed by atoms with Gasteiger partial charge in [0.25, 0.3) is 5.91 Å². The molecule has 0 aliphatic heterocycles. The summed E-state index contributed by atoms with van der Waals surface area (Å²) in [6.45, 7) is 1.86. The maximum absolute atomic E-state index is 12.0. The van der Waals surface area contributed by atoms with Crippen LogP contribution in [-0.4, -0.2) is 23.0 Å². The van der Waals surface area contributed by atoms with Crippen LogP contribution in [0.2, 0.25) is 0 Å². The molecule has 0 radical (unpaired) electrons. The van der Waals surface area contributed by atoms with Gasteiger partial charge in [-0.1, -0.05) is 11.3 Å². The van der Waals surface area contributed by atoms with Crippen molar-refractivity contribution in [2.24, 2.45) is 0 Å². The highest BCUT2D eigenvalue weighted by Gasteiger charge is 2.21. The van der Waals surface area contributed by atoms with Gasteiger partial charge in [-0.3, -0.25) is 4.79 Å². The normalized spacial score (nSPS) is 16.2. The Bertz CT molecular complexity index is 501. The summed E-state index contributed by atoms with van der Waals surface area (Å²) in [6, 6.07) is 0.406. The molecule has 0 spiro atoms. The van der Waals surface area contributed by atoms with Gasteiger partial charge in [-0.2, -0.15) is 0 Å². The molecule has 1 aliphatic rings. The third kappa shape index (κ3) is 3.38. The highest BCUT2D eigenvalue weighted by Crippen LogP contribution is 2.29. The lowest BCUT2D eigenvalue weighted by atomic mass is 9.93. The van der Waals surface area contributed by atoms with E-state index in [0.717, 1.165) is 18.0 Å². The van der Waals surface area contributed by atoms with Gasteiger partial charge in [0.15, 0.2) is 5.13 Å². The van der Waals surface area contributed by atoms with E-state index in [0.29, 0.717) is 17.3 Å². The van der Waals surface area contributed by atoms with E-state index in [4.69, 9.17) is 12.2 Å². The topological polar surface area (TPSA) is 80.0 Å². The Morgan fingerprint density at radius 3 is 3.00 bits per heavy atom. The highest BCUT2D eigenvalue weighted by atomic mass is 32.1. The molecule has 1 aromatic rings. The van der Waals surface area contributed by atoms with Gasteiger partial charge in [0.05, 0.1) is 0 Å². The minimum absolute atomic E-state index is 0.0676. The lowest BCUT2D eigenvalue weighted by Gasteiger charge is -2.25. The minimum atomic E-state index is -0.209. The number of amides is 1. The summed E-state index contributed by atoms with van der Waals surface area (Å²) in [7, 11) is 0. The fourth-order valence-corrected chi connectivity index (χ4v) is 2.67. The van der Waals surface area contributed by atoms with Crippen LogP contribution in [0.4, 0.5) is 10.9 Å². The number of nitrogens with one attached hydrogen (secondary N) is 2. The molecule has 1 unspecified atom stereocenters. The molecule has 1 heterocycles. The molecule has 4 N–H and O–H groups in total. The van der Waals surface area contributed by atoms with Gasteiger partial charge in [0.1, 0.15) is 10.7 Å². The van der Waals surface area contributed by atoms with Crippen LogP contribution in [0.25, 0.3) is 0 Å². The van der Waals surface area contributed by atoms with Crippen LogP contribution in [0.5, 0.6) is 0 Å². The van der Waals surface area contributed by atoms with Crippen molar-refractivity contribution in [2.45, 2.75) is 44.7 Å². The Labute approximate surface area is 117 Å². The van der Waals surface area contributed by atoms with Crippen molar-refractivity contribution >= 4 is 28.2 Å². The molecule has 5 nitrogen and oxygen atoms in total. The predicted octanol–water partition coefficient (Wildman–Crippen LogP) is 1.83. The molecule has 1 aliphatic carbocycles. The molecular formula is C13H18N4OS. The summed E-state index contributed by atoms with van der Waals surface area (Å²) in [5, 5.41) is 6.82. The lowest BCUT2D eigenvalue weighted by molar-refractivity contribution is 0.0945. The van der Waals surface area contributed by atoms with Crippen LogP contribution in [0.1, 0.15) is 42.3 Å². The van der Waals surface area contributed by atoms with Crippen LogP contribution in [0.15, 0.2) is 0 Å². The summed E-state index contributed by atoms with van der Waals surface area (Å²) < 4.78 is 0. The molecule has 1 fully saturated rings. The Morgan fingerprint density at radius 2 is 2.42 bits per heavy atom. The maximum Gasteiger partial charge on any atom is 0.265 e. The Balaban J connectivity index is 1.98. The quantitative estimate of drug-likeness (QED) is 0.718. The monoisotopic (exact) mass is 278 g/mol. The Morgan fingerprint density at radius 1 is 1.68 bits per heavy atom. The van der Waals surface area contributed by atoms with E-state index < -0.39 is 0 Å². The van der Waals surface area contributed by atoms with Crippen LogP contribution in [0.3, 0.4) is 0 Å². The number of nitrogens with zero attached hydrogens (tertiary/aromatic N) is 1. The summed E-state index contributed by atoms with van der Waals surface area (Å²) in [5.74, 6) is 2.58. The molecule has 19 heavy (non-hydrogen) atoms. The zero-order valence-electron chi connectivity index (χ0n) is 10.9. The fourth-order valence-electron chi connectivity index (χ4n) is 1.80. The average Bonchev–Trinajstić information content (AvgIpc) is 2.65. The fraction of sp³-hybridized carbons (Fsp3) is 0.538. The average molecular weight is 278 g/mol. The molecule has 0 saturated heterocycles. The molecule has 1 saturated carbocycles. The highest BCUT2D eigenvalue weighted by molar-refractivity contribution is 7.18. The number of rotatable bonds is 5. The van der Waals surface area contributed by atoms with Crippen molar-refractivity contribution in [3.63, 3.8) is 0 Å². The van der Waals surface area contributed by atoms with Crippen molar-refractivity contribution in [3.05, 3.63) is 4.88 Å². The van der Waals surface area contributed by atoms with Gasteiger partial charge in [0.2, 0.25) is 0 Å². The first kappa shape index (κ1) is 13.7. The molecule has 102 valence electrons. The van der Waals surface area contributed by atoms with Gasteiger partial charge in [0, 0.05) is 18.5 Å². The van der Waals surface area contributed by atoms with Crippen LogP contribution in [-0.2, 0) is 0 Å². The third-order valence-electron chi connectivity index (χ3n) is 3.09. The smallest absolute Gasteiger partial charge is 0.265 e. The van der Waals surface area contributed by atoms with Crippen molar-refractivity contribution in [2.75, 3.05) is 11.1 Å². The second-order valence-corrected chi connectivity index (χ2v) is 5.79. The number of carbonyl (C=O) groups excluding carboxylic acids is 1. The van der Waals surface area contributed by atoms with E-state index in [1.807, 2.05) is 6.92 Å². The zero-order chi connectivity index (χ0) is 13.8. The van der Waals surface area contributed by atoms with Gasteiger partial charge in [-0.15, -0.1) is 12.3 Å². The molecule has 1 aromatic heterocycles. The van der Waals surface area contributed by atoms with E-state index >= 15 is 0 Å². The number of hydrogen-bond donors (Lipinski definition) is 3. The second-order valence-electron chi connectivity index (χ2n) is 4.79. The van der Waals surface area contributed by atoms with Gasteiger partial charge in [-0.25, -0.2) is 4.98 Å².